The number of piperidine rings is 1. The number of aromatic nitrogens is 5. The highest BCUT2D eigenvalue weighted by Crippen LogP contribution is 2.34. The van der Waals surface area contributed by atoms with Gasteiger partial charge in [0.2, 0.25) is 11.7 Å². The number of halogens is 2. The number of nitrogens with zero attached hydrogens (tertiary/aromatic N) is 6. The van der Waals surface area contributed by atoms with E-state index < -0.39 is 6.55 Å². The number of hydrogen-bond donors (Lipinski definition) is 0. The van der Waals surface area contributed by atoms with Crippen LogP contribution in [0.25, 0.3) is 22.6 Å². The molecule has 5 rings (SSSR count). The van der Waals surface area contributed by atoms with Gasteiger partial charge in [-0.05, 0) is 57.1 Å². The highest BCUT2D eigenvalue weighted by atomic mass is 19.3. The maximum Gasteiger partial charge on any atom is 0.320 e. The zero-order valence-corrected chi connectivity index (χ0v) is 17.0. The van der Waals surface area contributed by atoms with Gasteiger partial charge in [0.25, 0.3) is 0 Å². The van der Waals surface area contributed by atoms with Crippen LogP contribution in [0.2, 0.25) is 0 Å². The lowest BCUT2D eigenvalue weighted by Gasteiger charge is -2.34. The van der Waals surface area contributed by atoms with Crippen LogP contribution in [0.5, 0.6) is 0 Å². The van der Waals surface area contributed by atoms with Crippen LogP contribution in [-0.2, 0) is 0 Å². The molecule has 4 aromatic rings. The van der Waals surface area contributed by atoms with E-state index in [0.717, 1.165) is 30.5 Å². The average molecular weight is 424 g/mol. The summed E-state index contributed by atoms with van der Waals surface area (Å²) in [6.45, 7) is 0.775. The molecule has 31 heavy (non-hydrogen) atoms. The van der Waals surface area contributed by atoms with E-state index in [9.17, 15) is 8.78 Å². The fraction of sp³-hybridized carbons (Fsp3) is 0.364. The number of benzene rings is 1. The zero-order chi connectivity index (χ0) is 21.4. The van der Waals surface area contributed by atoms with Crippen molar-refractivity contribution in [2.24, 2.45) is 0 Å². The van der Waals surface area contributed by atoms with E-state index in [1.165, 1.54) is 0 Å². The molecular formula is C22H22F2N6O. The van der Waals surface area contributed by atoms with E-state index in [-0.39, 0.29) is 12.0 Å². The van der Waals surface area contributed by atoms with Gasteiger partial charge in [-0.2, -0.15) is 13.8 Å². The average Bonchev–Trinajstić information content (AvgIpc) is 3.45. The third kappa shape index (κ3) is 3.69. The first-order valence-corrected chi connectivity index (χ1v) is 10.4. The standard InChI is InChI=1S/C22H22F2N6O/c1-14(20-26-16-6-2-3-8-18(16)30(20)22(23)24)29-12-9-15(10-13-29)21-27-19(28-31-21)17-7-4-5-11-25-17/h2-8,11,14-15,22H,9-10,12-13H2,1H3. The van der Waals surface area contributed by atoms with E-state index in [4.69, 9.17) is 4.52 Å². The van der Waals surface area contributed by atoms with Crippen molar-refractivity contribution >= 4 is 11.0 Å². The predicted molar refractivity (Wildman–Crippen MR) is 110 cm³/mol. The molecule has 0 spiro atoms. The van der Waals surface area contributed by atoms with Gasteiger partial charge in [-0.15, -0.1) is 0 Å². The SMILES string of the molecule is CC(c1nc2ccccc2n1C(F)F)N1CCC(c2nc(-c3ccccn3)no2)CC1. The molecule has 4 heterocycles. The minimum absolute atomic E-state index is 0.141. The number of pyridine rings is 1. The van der Waals surface area contributed by atoms with Gasteiger partial charge in [0.15, 0.2) is 0 Å². The minimum Gasteiger partial charge on any atom is -0.339 e. The minimum atomic E-state index is -2.63. The molecule has 9 heteroatoms. The molecule has 3 aromatic heterocycles. The van der Waals surface area contributed by atoms with Crippen molar-refractivity contribution in [2.75, 3.05) is 13.1 Å². The molecule has 1 atom stereocenters. The van der Waals surface area contributed by atoms with Gasteiger partial charge in [-0.3, -0.25) is 14.5 Å². The zero-order valence-electron chi connectivity index (χ0n) is 17.0. The van der Waals surface area contributed by atoms with Crippen molar-refractivity contribution in [1.29, 1.82) is 0 Å². The second-order valence-electron chi connectivity index (χ2n) is 7.76. The number of para-hydroxylation sites is 2. The van der Waals surface area contributed by atoms with Crippen LogP contribution < -0.4 is 0 Å². The number of alkyl halides is 2. The summed E-state index contributed by atoms with van der Waals surface area (Å²) in [5.41, 5.74) is 1.73. The lowest BCUT2D eigenvalue weighted by Crippen LogP contribution is -2.36. The van der Waals surface area contributed by atoms with Crippen LogP contribution in [0.1, 0.15) is 50.0 Å². The quantitative estimate of drug-likeness (QED) is 0.458. The summed E-state index contributed by atoms with van der Waals surface area (Å²) in [5, 5.41) is 4.06. The van der Waals surface area contributed by atoms with Crippen LogP contribution in [-0.4, -0.2) is 42.7 Å². The fourth-order valence-electron chi connectivity index (χ4n) is 4.26. The molecular weight excluding hydrogens is 402 g/mol. The first-order chi connectivity index (χ1) is 15.1. The Morgan fingerprint density at radius 1 is 1.03 bits per heavy atom. The lowest BCUT2D eigenvalue weighted by atomic mass is 9.95. The van der Waals surface area contributed by atoms with Crippen molar-refractivity contribution in [3.63, 3.8) is 0 Å². The second-order valence-corrected chi connectivity index (χ2v) is 7.76. The van der Waals surface area contributed by atoms with Crippen LogP contribution >= 0.6 is 0 Å². The Kier molecular flexibility index (Phi) is 5.19. The molecule has 0 amide bonds. The third-order valence-electron chi connectivity index (χ3n) is 5.95. The van der Waals surface area contributed by atoms with Crippen molar-refractivity contribution in [2.45, 2.75) is 38.3 Å². The molecule has 0 aliphatic carbocycles. The summed E-state index contributed by atoms with van der Waals surface area (Å²) in [6, 6.07) is 12.4. The topological polar surface area (TPSA) is 72.9 Å². The Labute approximate surface area is 177 Å². The summed E-state index contributed by atoms with van der Waals surface area (Å²) >= 11 is 0. The molecule has 1 aliphatic rings. The summed E-state index contributed by atoms with van der Waals surface area (Å²) in [7, 11) is 0. The maximum absolute atomic E-state index is 13.8. The van der Waals surface area contributed by atoms with Crippen molar-refractivity contribution in [1.82, 2.24) is 29.6 Å². The second kappa shape index (κ2) is 8.14. The molecule has 160 valence electrons. The monoisotopic (exact) mass is 424 g/mol. The number of hydrogen-bond acceptors (Lipinski definition) is 6. The molecule has 0 saturated carbocycles. The highest BCUT2D eigenvalue weighted by Gasteiger charge is 2.31. The largest absolute Gasteiger partial charge is 0.339 e. The summed E-state index contributed by atoms with van der Waals surface area (Å²) in [4.78, 5) is 15.5. The van der Waals surface area contributed by atoms with Gasteiger partial charge in [-0.25, -0.2) is 4.98 Å². The molecule has 1 fully saturated rings. The highest BCUT2D eigenvalue weighted by molar-refractivity contribution is 5.76. The van der Waals surface area contributed by atoms with Crippen LogP contribution in [0.3, 0.4) is 0 Å². The van der Waals surface area contributed by atoms with Gasteiger partial charge >= 0.3 is 6.55 Å². The lowest BCUT2D eigenvalue weighted by molar-refractivity contribution is 0.0619. The van der Waals surface area contributed by atoms with Crippen molar-refractivity contribution in [3.8, 4) is 11.5 Å². The summed E-state index contributed by atoms with van der Waals surface area (Å²) < 4.78 is 34.2. The molecule has 0 radical (unpaired) electrons. The van der Waals surface area contributed by atoms with Gasteiger partial charge in [0.05, 0.1) is 17.1 Å². The van der Waals surface area contributed by atoms with Crippen LogP contribution in [0.15, 0.2) is 53.2 Å². The molecule has 0 bridgehead atoms. The van der Waals surface area contributed by atoms with Crippen LogP contribution in [0, 0.1) is 0 Å². The Hall–Kier alpha value is -3.20. The third-order valence-corrected chi connectivity index (χ3v) is 5.95. The van der Waals surface area contributed by atoms with Gasteiger partial charge < -0.3 is 4.52 Å². The van der Waals surface area contributed by atoms with E-state index in [1.54, 1.807) is 24.4 Å². The molecule has 1 saturated heterocycles. The Morgan fingerprint density at radius 2 is 1.81 bits per heavy atom. The molecule has 7 nitrogen and oxygen atoms in total. The van der Waals surface area contributed by atoms with E-state index in [1.807, 2.05) is 31.2 Å². The van der Waals surface area contributed by atoms with E-state index in [2.05, 4.69) is 25.0 Å². The Bertz CT molecular complexity index is 1170. The van der Waals surface area contributed by atoms with Gasteiger partial charge in [0, 0.05) is 12.1 Å². The van der Waals surface area contributed by atoms with Gasteiger partial charge in [-0.1, -0.05) is 23.4 Å². The van der Waals surface area contributed by atoms with Crippen LogP contribution in [0.4, 0.5) is 8.78 Å². The number of rotatable bonds is 5. The molecule has 1 aromatic carbocycles. The maximum atomic E-state index is 13.8. The number of likely N-dealkylation sites (tertiary alicyclic amines) is 1. The smallest absolute Gasteiger partial charge is 0.320 e. The molecule has 1 aliphatic heterocycles. The predicted octanol–water partition coefficient (Wildman–Crippen LogP) is 4.82. The fourth-order valence-corrected chi connectivity index (χ4v) is 4.26. The normalized spacial score (nSPS) is 16.9. The van der Waals surface area contributed by atoms with Crippen molar-refractivity contribution in [3.05, 3.63) is 60.4 Å². The van der Waals surface area contributed by atoms with Crippen molar-refractivity contribution < 1.29 is 13.3 Å². The molecule has 0 N–H and O–H groups in total. The summed E-state index contributed by atoms with van der Waals surface area (Å²) in [5.74, 6) is 1.62. The van der Waals surface area contributed by atoms with E-state index in [0.29, 0.717) is 34.3 Å². The number of imidazole rings is 1. The Balaban J connectivity index is 1.31. The van der Waals surface area contributed by atoms with E-state index >= 15 is 0 Å². The van der Waals surface area contributed by atoms with Gasteiger partial charge in [0.1, 0.15) is 11.5 Å². The molecule has 1 unspecified atom stereocenters. The number of fused-ring (bicyclic) bond motifs is 1. The Morgan fingerprint density at radius 3 is 2.55 bits per heavy atom. The first-order valence-electron chi connectivity index (χ1n) is 10.4. The first kappa shape index (κ1) is 19.7. The summed E-state index contributed by atoms with van der Waals surface area (Å²) in [6.07, 6.45) is 3.31.